The van der Waals surface area contributed by atoms with Crippen LogP contribution in [0, 0.1) is 12.3 Å². The lowest BCUT2D eigenvalue weighted by molar-refractivity contribution is -0.153. The molecule has 3 N–H and O–H groups in total. The zero-order valence-electron chi connectivity index (χ0n) is 21.9. The van der Waals surface area contributed by atoms with Crippen molar-refractivity contribution in [1.29, 1.82) is 0 Å². The number of carbonyl (C=O) groups is 2. The number of aryl methyl sites for hydroxylation is 2. The lowest BCUT2D eigenvalue weighted by atomic mass is 9.95. The Bertz CT molecular complexity index is 1400. The van der Waals surface area contributed by atoms with Gasteiger partial charge in [0.15, 0.2) is 12.4 Å². The molecule has 2 aliphatic rings. The Morgan fingerprint density at radius 2 is 2.08 bits per heavy atom. The molecule has 1 saturated carbocycles. The highest BCUT2D eigenvalue weighted by atomic mass is 19.4. The highest BCUT2D eigenvalue weighted by molar-refractivity contribution is 6.08. The van der Waals surface area contributed by atoms with Crippen molar-refractivity contribution in [3.8, 4) is 11.6 Å². The topological polar surface area (TPSA) is 118 Å². The summed E-state index contributed by atoms with van der Waals surface area (Å²) in [5.74, 6) is -0.382. The molecule has 1 aliphatic carbocycles. The molecule has 1 atom stereocenters. The minimum Gasteiger partial charge on any atom is -0.484 e. The molecule has 0 spiro atoms. The summed E-state index contributed by atoms with van der Waals surface area (Å²) in [4.78, 5) is 31.1. The smallest absolute Gasteiger partial charge is 0.422 e. The van der Waals surface area contributed by atoms with Gasteiger partial charge in [0, 0.05) is 30.6 Å². The van der Waals surface area contributed by atoms with Gasteiger partial charge in [-0.25, -0.2) is 9.67 Å². The number of carbonyl (C=O) groups excluding carboxylic acids is 2. The molecule has 1 unspecified atom stereocenters. The first kappa shape index (κ1) is 27.6. The molecule has 3 aromatic rings. The number of pyridine rings is 1. The molecule has 1 aromatic carbocycles. The number of benzene rings is 1. The third-order valence-corrected chi connectivity index (χ3v) is 7.29. The van der Waals surface area contributed by atoms with Gasteiger partial charge in [-0.2, -0.15) is 18.3 Å². The van der Waals surface area contributed by atoms with Gasteiger partial charge in [-0.05, 0) is 61.9 Å². The van der Waals surface area contributed by atoms with Gasteiger partial charge in [0.25, 0.3) is 11.8 Å². The van der Waals surface area contributed by atoms with Crippen LogP contribution in [0.5, 0.6) is 5.75 Å². The Hall–Kier alpha value is -3.93. The molecular formula is C28H30F3N5O4. The number of nitrogens with zero attached hydrogens (tertiary/aromatic N) is 3. The standard InChI is InChI=1S/C28H30F3N5O4/c1-17-5-8-22(32-13-17)36-24(26(39)33-14-27(15-37)9-10-27)23-21(35-36)12-19(34-25(23)38)7-6-18-3-2-4-20(11-18)40-16-28(29,30)31/h2-5,8,11,13,19,37H,6-7,9-10,12,14-16H2,1H3,(H,33,39)(H,34,38). The fourth-order valence-corrected chi connectivity index (χ4v) is 4.74. The molecule has 5 rings (SSSR count). The van der Waals surface area contributed by atoms with Gasteiger partial charge in [0.1, 0.15) is 11.4 Å². The van der Waals surface area contributed by atoms with E-state index in [1.165, 1.54) is 10.7 Å². The van der Waals surface area contributed by atoms with E-state index in [9.17, 15) is 27.9 Å². The van der Waals surface area contributed by atoms with Gasteiger partial charge in [-0.15, -0.1) is 0 Å². The van der Waals surface area contributed by atoms with E-state index >= 15 is 0 Å². The van der Waals surface area contributed by atoms with Crippen molar-refractivity contribution in [3.63, 3.8) is 0 Å². The third kappa shape index (κ3) is 6.27. The van der Waals surface area contributed by atoms with Crippen LogP contribution in [0.15, 0.2) is 42.6 Å². The molecule has 9 nitrogen and oxygen atoms in total. The van der Waals surface area contributed by atoms with E-state index < -0.39 is 24.6 Å². The molecule has 40 heavy (non-hydrogen) atoms. The van der Waals surface area contributed by atoms with E-state index in [0.717, 1.165) is 24.0 Å². The van der Waals surface area contributed by atoms with Crippen LogP contribution in [-0.2, 0) is 12.8 Å². The number of halogens is 3. The summed E-state index contributed by atoms with van der Waals surface area (Å²) in [6.07, 6.45) is 0.222. The van der Waals surface area contributed by atoms with Gasteiger partial charge < -0.3 is 20.5 Å². The second kappa shape index (κ2) is 10.9. The molecule has 1 aliphatic heterocycles. The molecular weight excluding hydrogens is 527 g/mol. The number of nitrogens with one attached hydrogen (secondary N) is 2. The minimum absolute atomic E-state index is 0.0241. The summed E-state index contributed by atoms with van der Waals surface area (Å²) in [6.45, 7) is 0.787. The van der Waals surface area contributed by atoms with Crippen LogP contribution in [0.2, 0.25) is 0 Å². The molecule has 2 aromatic heterocycles. The van der Waals surface area contributed by atoms with Gasteiger partial charge in [-0.1, -0.05) is 18.2 Å². The predicted octanol–water partition coefficient (Wildman–Crippen LogP) is 3.31. The Morgan fingerprint density at radius 3 is 2.75 bits per heavy atom. The van der Waals surface area contributed by atoms with Gasteiger partial charge in [0.2, 0.25) is 0 Å². The van der Waals surface area contributed by atoms with E-state index in [2.05, 4.69) is 20.7 Å². The summed E-state index contributed by atoms with van der Waals surface area (Å²) in [5.41, 5.74) is 2.12. The van der Waals surface area contributed by atoms with Crippen LogP contribution in [0.25, 0.3) is 5.82 Å². The quantitative estimate of drug-likeness (QED) is 0.352. The molecule has 0 saturated heterocycles. The first-order chi connectivity index (χ1) is 19.1. The zero-order valence-corrected chi connectivity index (χ0v) is 21.9. The summed E-state index contributed by atoms with van der Waals surface area (Å²) < 4.78 is 43.7. The highest BCUT2D eigenvalue weighted by Crippen LogP contribution is 2.44. The SMILES string of the molecule is Cc1ccc(-n2nc3c(c2C(=O)NCC2(CO)CC2)C(=O)NC(CCc2cccc(OCC(F)(F)F)c2)C3)nc1. The van der Waals surface area contributed by atoms with E-state index in [1.54, 1.807) is 30.5 Å². The first-order valence-corrected chi connectivity index (χ1v) is 13.1. The summed E-state index contributed by atoms with van der Waals surface area (Å²) >= 11 is 0. The lowest BCUT2D eigenvalue weighted by Gasteiger charge is -2.23. The van der Waals surface area contributed by atoms with Crippen LogP contribution in [0.4, 0.5) is 13.2 Å². The van der Waals surface area contributed by atoms with Crippen molar-refractivity contribution in [2.75, 3.05) is 19.8 Å². The summed E-state index contributed by atoms with van der Waals surface area (Å²) in [5, 5.41) is 20.1. The number of fused-ring (bicyclic) bond motifs is 1. The van der Waals surface area contributed by atoms with Gasteiger partial charge in [0.05, 0.1) is 17.9 Å². The first-order valence-electron chi connectivity index (χ1n) is 13.1. The molecule has 0 radical (unpaired) electrons. The molecule has 3 heterocycles. The number of hydrogen-bond acceptors (Lipinski definition) is 6. The molecule has 1 fully saturated rings. The number of aliphatic hydroxyl groups excluding tert-OH is 1. The maximum atomic E-state index is 13.4. The van der Waals surface area contributed by atoms with E-state index in [4.69, 9.17) is 4.74 Å². The average Bonchev–Trinajstić information content (AvgIpc) is 3.61. The average molecular weight is 558 g/mol. The zero-order chi connectivity index (χ0) is 28.5. The largest absolute Gasteiger partial charge is 0.484 e. The van der Waals surface area contributed by atoms with Crippen molar-refractivity contribution in [1.82, 2.24) is 25.4 Å². The fourth-order valence-electron chi connectivity index (χ4n) is 4.74. The van der Waals surface area contributed by atoms with Crippen LogP contribution in [0.3, 0.4) is 0 Å². The lowest BCUT2D eigenvalue weighted by Crippen LogP contribution is -2.42. The number of aliphatic hydroxyl groups is 1. The third-order valence-electron chi connectivity index (χ3n) is 7.29. The van der Waals surface area contributed by atoms with E-state index in [-0.39, 0.29) is 35.1 Å². The number of aromatic nitrogens is 3. The number of alkyl halides is 3. The Balaban J connectivity index is 1.34. The highest BCUT2D eigenvalue weighted by Gasteiger charge is 2.43. The van der Waals surface area contributed by atoms with Crippen LogP contribution >= 0.6 is 0 Å². The maximum Gasteiger partial charge on any atom is 0.422 e. The number of amides is 2. The molecule has 0 bridgehead atoms. The Labute approximate surface area is 228 Å². The van der Waals surface area contributed by atoms with Crippen LogP contribution in [0.1, 0.15) is 56.9 Å². The van der Waals surface area contributed by atoms with Gasteiger partial charge in [-0.3, -0.25) is 9.59 Å². The van der Waals surface area contributed by atoms with Gasteiger partial charge >= 0.3 is 6.18 Å². The van der Waals surface area contributed by atoms with Crippen molar-refractivity contribution >= 4 is 11.8 Å². The van der Waals surface area contributed by atoms with Crippen molar-refractivity contribution in [2.24, 2.45) is 5.41 Å². The van der Waals surface area contributed by atoms with E-state index in [1.807, 2.05) is 13.0 Å². The Morgan fingerprint density at radius 1 is 1.27 bits per heavy atom. The fraction of sp³-hybridized carbons (Fsp3) is 0.429. The second-order valence-electron chi connectivity index (χ2n) is 10.6. The van der Waals surface area contributed by atoms with Crippen molar-refractivity contribution in [3.05, 3.63) is 70.7 Å². The Kier molecular flexibility index (Phi) is 7.54. The molecule has 12 heteroatoms. The minimum atomic E-state index is -4.43. The summed E-state index contributed by atoms with van der Waals surface area (Å²) in [6, 6.07) is 9.70. The number of hydrogen-bond donors (Lipinski definition) is 3. The monoisotopic (exact) mass is 557 g/mol. The van der Waals surface area contributed by atoms with E-state index in [0.29, 0.717) is 37.3 Å². The molecule has 212 valence electrons. The predicted molar refractivity (Wildman–Crippen MR) is 138 cm³/mol. The van der Waals surface area contributed by atoms with Crippen molar-refractivity contribution in [2.45, 2.75) is 51.2 Å². The normalized spacial score (nSPS) is 17.6. The van der Waals surface area contributed by atoms with Crippen molar-refractivity contribution < 1.29 is 32.6 Å². The maximum absolute atomic E-state index is 13.4. The number of rotatable bonds is 10. The number of ether oxygens (including phenoxy) is 1. The van der Waals surface area contributed by atoms with Crippen LogP contribution in [-0.4, -0.2) is 63.7 Å². The summed E-state index contributed by atoms with van der Waals surface area (Å²) in [7, 11) is 0. The molecule has 2 amide bonds. The van der Waals surface area contributed by atoms with Crippen LogP contribution < -0.4 is 15.4 Å². The second-order valence-corrected chi connectivity index (χ2v) is 10.6.